The molecule has 1 unspecified atom stereocenters. The molecule has 69 heavy (non-hydrogen) atoms. The summed E-state index contributed by atoms with van der Waals surface area (Å²) in [6.45, 7) is 46.9. The molecule has 364 valence electrons. The molecule has 0 N–H and O–H groups in total. The maximum absolute atomic E-state index is 7.82. The van der Waals surface area contributed by atoms with Gasteiger partial charge in [0.15, 0.2) is 0 Å². The van der Waals surface area contributed by atoms with E-state index in [9.17, 15) is 0 Å². The third kappa shape index (κ3) is 6.92. The van der Waals surface area contributed by atoms with Crippen molar-refractivity contribution in [1.82, 2.24) is 0 Å². The fourth-order valence-corrected chi connectivity index (χ4v) is 14.7. The van der Waals surface area contributed by atoms with E-state index in [2.05, 4.69) is 196 Å². The quantitative estimate of drug-likeness (QED) is 0.165. The Morgan fingerprint density at radius 3 is 1.88 bits per heavy atom. The summed E-state index contributed by atoms with van der Waals surface area (Å²) in [4.78, 5) is 5.58. The highest BCUT2D eigenvalue weighted by Crippen LogP contribution is 2.60. The zero-order valence-electron chi connectivity index (χ0n) is 46.5. The van der Waals surface area contributed by atoms with Gasteiger partial charge in [-0.05, 0) is 182 Å². The Bertz CT molecular complexity index is 2970. The van der Waals surface area contributed by atoms with Crippen molar-refractivity contribution in [2.24, 2.45) is 27.6 Å². The number of hydrogen-bond acceptors (Lipinski definition) is 3. The molecule has 4 aromatic rings. The van der Waals surface area contributed by atoms with Crippen molar-refractivity contribution in [1.29, 1.82) is 0 Å². The molecule has 1 atom stereocenters. The van der Waals surface area contributed by atoms with Crippen LogP contribution in [-0.2, 0) is 28.1 Å². The van der Waals surface area contributed by atoms with E-state index in [1.54, 1.807) is 22.3 Å². The number of fused-ring (bicyclic) bond motifs is 9. The van der Waals surface area contributed by atoms with Crippen LogP contribution in [0, 0.1) is 34.5 Å². The lowest BCUT2D eigenvalue weighted by atomic mass is 9.34. The number of hydrogen-bond donors (Lipinski definition) is 0. The maximum Gasteiger partial charge on any atom is 0.297 e. The molecular weight excluding hydrogens is 836 g/mol. The summed E-state index contributed by atoms with van der Waals surface area (Å²) in [5, 5.41) is 0. The fraction of sp³-hybridized carbons (Fsp3) is 0.569. The summed E-state index contributed by atoms with van der Waals surface area (Å²) >= 11 is 0. The summed E-state index contributed by atoms with van der Waals surface area (Å²) in [6.07, 6.45) is 15.7. The minimum Gasteiger partial charge on any atom is -0.472 e. The summed E-state index contributed by atoms with van der Waals surface area (Å²) in [5.74, 6) is 1.63. The van der Waals surface area contributed by atoms with Crippen LogP contribution in [0.4, 0.5) is 28.4 Å². The highest BCUT2D eigenvalue weighted by atomic mass is 16.3. The smallest absolute Gasteiger partial charge is 0.297 e. The lowest BCUT2D eigenvalue weighted by Crippen LogP contribution is -2.62. The molecule has 4 heteroatoms. The number of allylic oxidation sites excluding steroid dienone is 5. The van der Waals surface area contributed by atoms with Gasteiger partial charge in [-0.25, -0.2) is 0 Å². The van der Waals surface area contributed by atoms with Gasteiger partial charge in [-0.2, -0.15) is 0 Å². The Labute approximate surface area is 418 Å². The molecule has 0 bridgehead atoms. The average molecular weight is 921 g/mol. The van der Waals surface area contributed by atoms with Gasteiger partial charge in [0.1, 0.15) is 5.76 Å². The second-order valence-corrected chi connectivity index (χ2v) is 29.4. The Balaban J connectivity index is 1.29. The summed E-state index contributed by atoms with van der Waals surface area (Å²) < 4.78 is 7.82. The van der Waals surface area contributed by atoms with Gasteiger partial charge in [0.25, 0.3) is 6.71 Å². The lowest BCUT2D eigenvalue weighted by molar-refractivity contribution is 0.119. The molecule has 0 radical (unpaired) electrons. The largest absolute Gasteiger partial charge is 0.472 e. The molecule has 0 saturated heterocycles. The van der Waals surface area contributed by atoms with E-state index >= 15 is 0 Å². The first-order chi connectivity index (χ1) is 31.8. The normalized spacial score (nSPS) is 24.2. The van der Waals surface area contributed by atoms with E-state index in [-0.39, 0.29) is 50.0 Å². The van der Waals surface area contributed by atoms with Crippen LogP contribution >= 0.6 is 0 Å². The van der Waals surface area contributed by atoms with Crippen LogP contribution in [-0.4, -0.2) is 6.71 Å². The van der Waals surface area contributed by atoms with E-state index in [1.807, 2.05) is 0 Å². The number of aryl methyl sites for hydroxylation is 1. The van der Waals surface area contributed by atoms with E-state index in [0.29, 0.717) is 5.92 Å². The Morgan fingerprint density at radius 1 is 0.594 bits per heavy atom. The van der Waals surface area contributed by atoms with Crippen LogP contribution < -0.4 is 26.4 Å². The van der Waals surface area contributed by atoms with Gasteiger partial charge in [-0.3, -0.25) is 0 Å². The van der Waals surface area contributed by atoms with Gasteiger partial charge in [0.05, 0.1) is 11.3 Å². The highest BCUT2D eigenvalue weighted by Gasteiger charge is 2.54. The number of rotatable bonds is 2. The van der Waals surface area contributed by atoms with Crippen molar-refractivity contribution in [3.05, 3.63) is 110 Å². The van der Waals surface area contributed by atoms with Crippen molar-refractivity contribution >= 4 is 57.8 Å². The van der Waals surface area contributed by atoms with Gasteiger partial charge in [0.2, 0.25) is 0 Å². The minimum atomic E-state index is -0.101. The summed E-state index contributed by atoms with van der Waals surface area (Å²) in [6, 6.07) is 17.7. The third-order valence-corrected chi connectivity index (χ3v) is 19.8. The van der Waals surface area contributed by atoms with Gasteiger partial charge in [0, 0.05) is 40.4 Å². The SMILES string of the molecule is Cc1cc(C(C)(C)C)ccc1N1c2cc(C(C)(C)C)cc3c2B(c2ccc4c(c2N3C2=CC3=C(CC2)C(C)(C)CCC3(C)C)C(C)(C)CCC4(C)C)c2oc3c(c21)C=C1C(C3)C(C)(C)CCC1(C)C. The van der Waals surface area contributed by atoms with Crippen molar-refractivity contribution in [3.8, 4) is 0 Å². The van der Waals surface area contributed by atoms with Crippen LogP contribution in [0.5, 0.6) is 0 Å². The average Bonchev–Trinajstić information content (AvgIpc) is 3.62. The van der Waals surface area contributed by atoms with E-state index < -0.39 is 0 Å². The Hall–Kier alpha value is -4.18. The van der Waals surface area contributed by atoms with Gasteiger partial charge < -0.3 is 14.2 Å². The molecule has 1 fully saturated rings. The number of nitrogens with zero attached hydrogens (tertiary/aromatic N) is 2. The molecule has 11 rings (SSSR count). The molecular formula is C65H85BN2O. The molecule has 2 aliphatic heterocycles. The lowest BCUT2D eigenvalue weighted by Gasteiger charge is -2.51. The van der Waals surface area contributed by atoms with E-state index in [4.69, 9.17) is 4.42 Å². The summed E-state index contributed by atoms with van der Waals surface area (Å²) in [7, 11) is 0. The Morgan fingerprint density at radius 2 is 1.22 bits per heavy atom. The molecule has 7 aliphatic rings. The topological polar surface area (TPSA) is 19.6 Å². The number of anilines is 5. The first kappa shape index (κ1) is 47.2. The maximum atomic E-state index is 7.82. The molecule has 5 aliphatic carbocycles. The van der Waals surface area contributed by atoms with E-state index in [0.717, 1.165) is 31.3 Å². The van der Waals surface area contributed by atoms with Gasteiger partial charge in [-0.15, -0.1) is 0 Å². The zero-order valence-corrected chi connectivity index (χ0v) is 46.5. The van der Waals surface area contributed by atoms with Gasteiger partial charge in [-0.1, -0.05) is 160 Å². The first-order valence-corrected chi connectivity index (χ1v) is 27.2. The predicted octanol–water partition coefficient (Wildman–Crippen LogP) is 16.5. The molecule has 0 amide bonds. The van der Waals surface area contributed by atoms with Crippen LogP contribution in [0.15, 0.2) is 75.4 Å². The third-order valence-electron chi connectivity index (χ3n) is 19.8. The number of benzene rings is 3. The predicted molar refractivity (Wildman–Crippen MR) is 297 cm³/mol. The molecule has 3 nitrogen and oxygen atoms in total. The van der Waals surface area contributed by atoms with Crippen LogP contribution in [0.3, 0.4) is 0 Å². The van der Waals surface area contributed by atoms with Gasteiger partial charge >= 0.3 is 0 Å². The number of furan rings is 1. The van der Waals surface area contributed by atoms with Crippen LogP contribution in [0.2, 0.25) is 0 Å². The second-order valence-electron chi connectivity index (χ2n) is 29.4. The summed E-state index contributed by atoms with van der Waals surface area (Å²) in [5.41, 5.74) is 26.0. The standard InChI is InChI=1S/C65H85BN2O/c1-38-32-39(58(2,3)4)20-25-49(38)68-51-34-40(59(5,6)7)33-50-54(51)66(57-55(68)42-36-46-47(37-52(42)69-57)64(16,17)29-28-63(46,14)15)48-24-23-44-53(65(18,19)31-30-61(44,10)11)56(48)67(50)41-21-22-43-45(35-41)62(12,13)27-26-60(43,8)9/h20,23-25,32-36,47H,21-22,26-31,37H2,1-19H3. The molecule has 3 heterocycles. The monoisotopic (exact) mass is 921 g/mol. The minimum absolute atomic E-state index is 0.0166. The molecule has 0 spiro atoms. The van der Waals surface area contributed by atoms with Crippen molar-refractivity contribution in [2.75, 3.05) is 9.80 Å². The van der Waals surface area contributed by atoms with E-state index in [1.165, 1.54) is 111 Å². The van der Waals surface area contributed by atoms with Crippen molar-refractivity contribution in [2.45, 2.75) is 211 Å². The second kappa shape index (κ2) is 14.5. The zero-order chi connectivity index (χ0) is 49.7. The van der Waals surface area contributed by atoms with Crippen molar-refractivity contribution in [3.63, 3.8) is 0 Å². The Kier molecular flexibility index (Phi) is 9.91. The fourth-order valence-electron chi connectivity index (χ4n) is 14.7. The van der Waals surface area contributed by atoms with Crippen LogP contribution in [0.1, 0.15) is 215 Å². The van der Waals surface area contributed by atoms with Crippen LogP contribution in [0.25, 0.3) is 6.08 Å². The molecule has 3 aromatic carbocycles. The molecule has 1 aromatic heterocycles. The highest BCUT2D eigenvalue weighted by molar-refractivity contribution is 6.99. The molecule has 1 saturated carbocycles. The first-order valence-electron chi connectivity index (χ1n) is 27.2. The van der Waals surface area contributed by atoms with Crippen molar-refractivity contribution < 1.29 is 4.42 Å².